The van der Waals surface area contributed by atoms with Crippen LogP contribution in [0.1, 0.15) is 77.6 Å². The fourth-order valence-electron chi connectivity index (χ4n) is 2.64. The Morgan fingerprint density at radius 1 is 0.913 bits per heavy atom. The maximum atomic E-state index is 5.63. The van der Waals surface area contributed by atoms with E-state index in [4.69, 9.17) is 10.5 Å². The first-order valence-electron chi connectivity index (χ1n) is 9.18. The topological polar surface area (TPSA) is 73.1 Å². The Bertz CT molecular complexity index is 412. The summed E-state index contributed by atoms with van der Waals surface area (Å²) in [5.41, 5.74) is 5.63. The molecule has 0 aliphatic heterocycles. The van der Waals surface area contributed by atoms with Gasteiger partial charge in [-0.05, 0) is 6.42 Å². The van der Waals surface area contributed by atoms with Gasteiger partial charge in [0.1, 0.15) is 5.82 Å². The first-order valence-corrected chi connectivity index (χ1v) is 9.18. The van der Waals surface area contributed by atoms with E-state index in [9.17, 15) is 0 Å². The molecule has 3 N–H and O–H groups in total. The van der Waals surface area contributed by atoms with Crippen molar-refractivity contribution in [3.63, 3.8) is 0 Å². The third-order valence-corrected chi connectivity index (χ3v) is 4.02. The zero-order valence-corrected chi connectivity index (χ0v) is 14.9. The molecule has 0 fully saturated rings. The molecule has 0 saturated heterocycles. The predicted molar refractivity (Wildman–Crippen MR) is 97.9 cm³/mol. The number of anilines is 2. The molecule has 0 bridgehead atoms. The number of nitrogens with one attached hydrogen (secondary N) is 1. The van der Waals surface area contributed by atoms with Crippen LogP contribution in [0.5, 0.6) is 5.88 Å². The normalized spacial score (nSPS) is 10.7. The molecule has 1 rings (SSSR count). The van der Waals surface area contributed by atoms with Gasteiger partial charge >= 0.3 is 0 Å². The molecule has 0 aliphatic rings. The highest BCUT2D eigenvalue weighted by molar-refractivity contribution is 5.42. The van der Waals surface area contributed by atoms with E-state index < -0.39 is 0 Å². The van der Waals surface area contributed by atoms with E-state index >= 15 is 0 Å². The van der Waals surface area contributed by atoms with Crippen LogP contribution < -0.4 is 15.8 Å². The Balaban J connectivity index is 1.94. The molecule has 5 heteroatoms. The van der Waals surface area contributed by atoms with Crippen LogP contribution in [0.2, 0.25) is 0 Å². The van der Waals surface area contributed by atoms with Crippen LogP contribution in [0.15, 0.2) is 6.07 Å². The Hall–Kier alpha value is -1.52. The summed E-state index contributed by atoms with van der Waals surface area (Å²) in [5.74, 6) is 1.48. The summed E-state index contributed by atoms with van der Waals surface area (Å²) < 4.78 is 5.08. The summed E-state index contributed by atoms with van der Waals surface area (Å²) in [6, 6.07) is 1.77. The lowest BCUT2D eigenvalue weighted by atomic mass is 10.1. The van der Waals surface area contributed by atoms with Crippen molar-refractivity contribution in [1.29, 1.82) is 0 Å². The Labute approximate surface area is 141 Å². The first kappa shape index (κ1) is 19.5. The molecule has 132 valence electrons. The second-order valence-electron chi connectivity index (χ2n) is 6.12. The van der Waals surface area contributed by atoms with Gasteiger partial charge in [0.05, 0.1) is 7.11 Å². The van der Waals surface area contributed by atoms with Crippen molar-refractivity contribution < 1.29 is 4.74 Å². The smallest absolute Gasteiger partial charge is 0.225 e. The summed E-state index contributed by atoms with van der Waals surface area (Å²) in [4.78, 5) is 8.11. The predicted octanol–water partition coefficient (Wildman–Crippen LogP) is 4.79. The average Bonchev–Trinajstić information content (AvgIpc) is 2.55. The van der Waals surface area contributed by atoms with E-state index in [-0.39, 0.29) is 5.95 Å². The van der Waals surface area contributed by atoms with Crippen molar-refractivity contribution in [3.8, 4) is 5.88 Å². The summed E-state index contributed by atoms with van der Waals surface area (Å²) in [6.07, 6.45) is 14.9. The van der Waals surface area contributed by atoms with Crippen LogP contribution in [0.4, 0.5) is 11.8 Å². The van der Waals surface area contributed by atoms with Gasteiger partial charge in [-0.3, -0.25) is 0 Å². The quantitative estimate of drug-likeness (QED) is 0.482. The molecule has 0 amide bonds. The Morgan fingerprint density at radius 3 is 2.04 bits per heavy atom. The number of ether oxygens (including phenoxy) is 1. The molecule has 1 aromatic heterocycles. The van der Waals surface area contributed by atoms with Gasteiger partial charge in [-0.1, -0.05) is 71.1 Å². The molecule has 0 saturated carbocycles. The molecule has 0 atom stereocenters. The van der Waals surface area contributed by atoms with Gasteiger partial charge in [0.15, 0.2) is 0 Å². The highest BCUT2D eigenvalue weighted by Gasteiger charge is 2.01. The highest BCUT2D eigenvalue weighted by atomic mass is 16.5. The Kier molecular flexibility index (Phi) is 11.0. The summed E-state index contributed by atoms with van der Waals surface area (Å²) >= 11 is 0. The van der Waals surface area contributed by atoms with E-state index in [2.05, 4.69) is 22.2 Å². The van der Waals surface area contributed by atoms with Crippen LogP contribution >= 0.6 is 0 Å². The van der Waals surface area contributed by atoms with Gasteiger partial charge in [-0.15, -0.1) is 0 Å². The van der Waals surface area contributed by atoms with Crippen LogP contribution in [-0.2, 0) is 0 Å². The van der Waals surface area contributed by atoms with E-state index in [1.807, 2.05) is 0 Å². The molecule has 0 unspecified atom stereocenters. The van der Waals surface area contributed by atoms with Crippen molar-refractivity contribution in [2.24, 2.45) is 0 Å². The number of hydrogen-bond donors (Lipinski definition) is 2. The van der Waals surface area contributed by atoms with Crippen molar-refractivity contribution in [2.75, 3.05) is 24.7 Å². The molecule has 0 aliphatic carbocycles. The number of unbranched alkanes of at least 4 members (excludes halogenated alkanes) is 10. The highest BCUT2D eigenvalue weighted by Crippen LogP contribution is 2.14. The summed E-state index contributed by atoms with van der Waals surface area (Å²) in [7, 11) is 1.58. The number of rotatable bonds is 14. The third kappa shape index (κ3) is 9.97. The minimum Gasteiger partial charge on any atom is -0.481 e. The lowest BCUT2D eigenvalue weighted by molar-refractivity contribution is 0.398. The molecule has 23 heavy (non-hydrogen) atoms. The minimum absolute atomic E-state index is 0.241. The number of nitrogens with zero attached hydrogens (tertiary/aromatic N) is 2. The lowest BCUT2D eigenvalue weighted by Gasteiger charge is -2.07. The van der Waals surface area contributed by atoms with Gasteiger partial charge in [0.25, 0.3) is 0 Å². The van der Waals surface area contributed by atoms with Crippen molar-refractivity contribution in [2.45, 2.75) is 77.6 Å². The summed E-state index contributed by atoms with van der Waals surface area (Å²) in [5, 5.41) is 3.28. The maximum Gasteiger partial charge on any atom is 0.225 e. The van der Waals surface area contributed by atoms with Crippen molar-refractivity contribution in [1.82, 2.24) is 9.97 Å². The zero-order valence-electron chi connectivity index (χ0n) is 14.9. The average molecular weight is 322 g/mol. The second kappa shape index (κ2) is 13.0. The molecule has 1 aromatic rings. The molecule has 5 nitrogen and oxygen atoms in total. The molecular formula is C18H34N4O. The molecule has 1 heterocycles. The molecule has 0 aromatic carbocycles. The summed E-state index contributed by atoms with van der Waals surface area (Å²) in [6.45, 7) is 3.18. The minimum atomic E-state index is 0.241. The van der Waals surface area contributed by atoms with Gasteiger partial charge in [0, 0.05) is 12.6 Å². The largest absolute Gasteiger partial charge is 0.481 e. The van der Waals surface area contributed by atoms with E-state index in [0.29, 0.717) is 5.88 Å². The standard InChI is InChI=1S/C18H34N4O/c1-3-4-5-6-7-8-9-10-11-12-13-14-20-16-15-17(23-2)22-18(19)21-16/h15H,3-14H2,1-2H3,(H3,19,20,21,22). The molecule has 0 spiro atoms. The molecular weight excluding hydrogens is 288 g/mol. The fraction of sp³-hybridized carbons (Fsp3) is 0.778. The van der Waals surface area contributed by atoms with Crippen LogP contribution in [0.25, 0.3) is 0 Å². The number of nitrogens with two attached hydrogens (primary N) is 1. The van der Waals surface area contributed by atoms with Gasteiger partial charge in [-0.25, -0.2) is 0 Å². The van der Waals surface area contributed by atoms with Gasteiger partial charge in [0.2, 0.25) is 11.8 Å². The van der Waals surface area contributed by atoms with E-state index in [1.165, 1.54) is 64.2 Å². The number of aromatic nitrogens is 2. The molecule has 0 radical (unpaired) electrons. The lowest BCUT2D eigenvalue weighted by Crippen LogP contribution is -2.06. The monoisotopic (exact) mass is 322 g/mol. The zero-order chi connectivity index (χ0) is 16.8. The third-order valence-electron chi connectivity index (χ3n) is 4.02. The van der Waals surface area contributed by atoms with Crippen molar-refractivity contribution >= 4 is 11.8 Å². The number of hydrogen-bond acceptors (Lipinski definition) is 5. The number of nitrogen functional groups attached to an aromatic ring is 1. The van der Waals surface area contributed by atoms with Crippen LogP contribution in [-0.4, -0.2) is 23.6 Å². The van der Waals surface area contributed by atoms with Crippen molar-refractivity contribution in [3.05, 3.63) is 6.07 Å². The van der Waals surface area contributed by atoms with Gasteiger partial charge in [-0.2, -0.15) is 9.97 Å². The van der Waals surface area contributed by atoms with E-state index in [0.717, 1.165) is 18.8 Å². The van der Waals surface area contributed by atoms with E-state index in [1.54, 1.807) is 13.2 Å². The number of methoxy groups -OCH3 is 1. The van der Waals surface area contributed by atoms with Gasteiger partial charge < -0.3 is 15.8 Å². The maximum absolute atomic E-state index is 5.63. The SMILES string of the molecule is CCCCCCCCCCCCCNc1cc(OC)nc(N)n1. The van der Waals surface area contributed by atoms with Crippen LogP contribution in [0, 0.1) is 0 Å². The van der Waals surface area contributed by atoms with Crippen LogP contribution in [0.3, 0.4) is 0 Å². The first-order chi connectivity index (χ1) is 11.3. The fourth-order valence-corrected chi connectivity index (χ4v) is 2.64. The second-order valence-corrected chi connectivity index (χ2v) is 6.12. The Morgan fingerprint density at radius 2 is 1.48 bits per heavy atom.